The molecule has 4 nitrogen and oxygen atoms in total. The average molecular weight is 277 g/mol. The molecule has 110 valence electrons. The molecule has 0 spiro atoms. The van der Waals surface area contributed by atoms with Gasteiger partial charge in [0, 0.05) is 13.0 Å². The Morgan fingerprint density at radius 3 is 2.55 bits per heavy atom. The molecule has 0 saturated heterocycles. The molecule has 1 aromatic rings. The molecule has 0 amide bonds. The summed E-state index contributed by atoms with van der Waals surface area (Å²) in [6.07, 6.45) is 0.418. The molecule has 4 heteroatoms. The summed E-state index contributed by atoms with van der Waals surface area (Å²) in [6.45, 7) is 5.27. The molecule has 0 aliphatic heterocycles. The zero-order valence-corrected chi connectivity index (χ0v) is 12.5. The van der Waals surface area contributed by atoms with E-state index >= 15 is 0 Å². The van der Waals surface area contributed by atoms with Gasteiger partial charge in [-0.05, 0) is 32.0 Å². The van der Waals surface area contributed by atoms with Crippen LogP contribution >= 0.6 is 0 Å². The highest BCUT2D eigenvalue weighted by atomic mass is 16.5. The van der Waals surface area contributed by atoms with Crippen molar-refractivity contribution < 1.29 is 14.3 Å². The van der Waals surface area contributed by atoms with Gasteiger partial charge in [-0.3, -0.25) is 14.5 Å². The maximum Gasteiger partial charge on any atom is 0.306 e. The van der Waals surface area contributed by atoms with Crippen molar-refractivity contribution in [3.8, 4) is 0 Å². The first-order valence-electron chi connectivity index (χ1n) is 6.93. The normalized spacial score (nSPS) is 10.6. The third-order valence-corrected chi connectivity index (χ3v) is 3.06. The highest BCUT2D eigenvalue weighted by molar-refractivity contribution is 5.84. The minimum Gasteiger partial charge on any atom is -0.466 e. The molecule has 0 N–H and O–H groups in total. The molecule has 0 aliphatic carbocycles. The topological polar surface area (TPSA) is 46.6 Å². The van der Waals surface area contributed by atoms with E-state index < -0.39 is 0 Å². The number of likely N-dealkylation sites (N-methyl/N-ethyl adjacent to an activating group) is 1. The lowest BCUT2D eigenvalue weighted by Crippen LogP contribution is -2.26. The van der Waals surface area contributed by atoms with Gasteiger partial charge in [0.1, 0.15) is 5.78 Å². The number of carbonyl (C=O) groups is 2. The average Bonchev–Trinajstić information content (AvgIpc) is 2.39. The van der Waals surface area contributed by atoms with Crippen LogP contribution in [0.25, 0.3) is 0 Å². The van der Waals surface area contributed by atoms with Crippen molar-refractivity contribution in [2.45, 2.75) is 33.2 Å². The summed E-state index contributed by atoms with van der Waals surface area (Å²) < 4.78 is 4.80. The minimum absolute atomic E-state index is 0.0640. The van der Waals surface area contributed by atoms with Gasteiger partial charge in [0.25, 0.3) is 0 Å². The Bertz CT molecular complexity index is 457. The van der Waals surface area contributed by atoms with Crippen molar-refractivity contribution in [1.29, 1.82) is 0 Å². The monoisotopic (exact) mass is 277 g/mol. The first-order valence-corrected chi connectivity index (χ1v) is 6.93. The van der Waals surface area contributed by atoms with Crippen LogP contribution in [0.1, 0.15) is 30.9 Å². The van der Waals surface area contributed by atoms with Gasteiger partial charge in [-0.1, -0.05) is 24.3 Å². The summed E-state index contributed by atoms with van der Waals surface area (Å²) in [5.74, 6) is -0.239. The fourth-order valence-electron chi connectivity index (χ4n) is 1.99. The largest absolute Gasteiger partial charge is 0.466 e. The Morgan fingerprint density at radius 2 is 1.90 bits per heavy atom. The van der Waals surface area contributed by atoms with E-state index in [0.717, 1.165) is 6.54 Å². The molecule has 1 aromatic carbocycles. The number of rotatable bonds is 8. The summed E-state index contributed by atoms with van der Waals surface area (Å²) in [5, 5.41) is 0. The first kappa shape index (κ1) is 16.4. The van der Waals surface area contributed by atoms with E-state index in [0.29, 0.717) is 13.2 Å². The highest BCUT2D eigenvalue weighted by Gasteiger charge is 2.11. The Balaban J connectivity index is 2.35. The van der Waals surface area contributed by atoms with Crippen LogP contribution in [0, 0.1) is 6.92 Å². The molecule has 0 heterocycles. The van der Waals surface area contributed by atoms with Gasteiger partial charge in [0.05, 0.1) is 19.6 Å². The predicted octanol–water partition coefficient (Wildman–Crippen LogP) is 2.34. The van der Waals surface area contributed by atoms with Crippen molar-refractivity contribution in [2.24, 2.45) is 0 Å². The van der Waals surface area contributed by atoms with Gasteiger partial charge in [-0.25, -0.2) is 0 Å². The minimum atomic E-state index is -0.303. The summed E-state index contributed by atoms with van der Waals surface area (Å²) in [5.41, 5.74) is 2.44. The number of hydrogen-bond donors (Lipinski definition) is 0. The summed E-state index contributed by atoms with van der Waals surface area (Å²) in [6, 6.07) is 8.13. The predicted molar refractivity (Wildman–Crippen MR) is 78.4 cm³/mol. The molecule has 0 atom stereocenters. The number of hydrogen-bond acceptors (Lipinski definition) is 4. The van der Waals surface area contributed by atoms with Gasteiger partial charge in [-0.2, -0.15) is 0 Å². The number of ether oxygens (including phenoxy) is 1. The number of esters is 1. The molecule has 0 unspecified atom stereocenters. The number of nitrogens with zero attached hydrogens (tertiary/aromatic N) is 1. The van der Waals surface area contributed by atoms with E-state index in [-0.39, 0.29) is 24.6 Å². The van der Waals surface area contributed by atoms with Crippen molar-refractivity contribution >= 4 is 11.8 Å². The molecule has 0 saturated carbocycles. The number of aryl methyl sites for hydroxylation is 1. The fraction of sp³-hybridized carbons (Fsp3) is 0.500. The summed E-state index contributed by atoms with van der Waals surface area (Å²) in [4.78, 5) is 24.9. The first-order chi connectivity index (χ1) is 9.52. The van der Waals surface area contributed by atoms with E-state index in [1.54, 1.807) is 6.92 Å². The van der Waals surface area contributed by atoms with Gasteiger partial charge < -0.3 is 4.74 Å². The molecule has 0 radical (unpaired) electrons. The fourth-order valence-corrected chi connectivity index (χ4v) is 1.99. The van der Waals surface area contributed by atoms with Crippen molar-refractivity contribution in [3.63, 3.8) is 0 Å². The number of carbonyl (C=O) groups excluding carboxylic acids is 2. The van der Waals surface area contributed by atoms with Crippen LogP contribution in [0.15, 0.2) is 24.3 Å². The second-order valence-electron chi connectivity index (χ2n) is 4.94. The molecular formula is C16H23NO3. The van der Waals surface area contributed by atoms with E-state index in [9.17, 15) is 9.59 Å². The Kier molecular flexibility index (Phi) is 6.94. The number of benzene rings is 1. The molecule has 0 aliphatic rings. The standard InChI is InChI=1S/C16H23NO3/c1-4-20-16(19)10-9-15(18)12-17(3)11-14-8-6-5-7-13(14)2/h5-8H,4,9-12H2,1-3H3. The lowest BCUT2D eigenvalue weighted by Gasteiger charge is -2.17. The van der Waals surface area contributed by atoms with Crippen LogP contribution in [0.3, 0.4) is 0 Å². The molecule has 1 rings (SSSR count). The lowest BCUT2D eigenvalue weighted by atomic mass is 10.1. The highest BCUT2D eigenvalue weighted by Crippen LogP contribution is 2.09. The van der Waals surface area contributed by atoms with Crippen molar-refractivity contribution in [3.05, 3.63) is 35.4 Å². The van der Waals surface area contributed by atoms with Crippen LogP contribution in [-0.2, 0) is 20.9 Å². The molecular weight excluding hydrogens is 254 g/mol. The molecule has 20 heavy (non-hydrogen) atoms. The third kappa shape index (κ3) is 5.97. The zero-order chi connectivity index (χ0) is 15.0. The molecule has 0 bridgehead atoms. The van der Waals surface area contributed by atoms with Gasteiger partial charge in [0.2, 0.25) is 0 Å². The van der Waals surface area contributed by atoms with E-state index in [1.807, 2.05) is 24.1 Å². The van der Waals surface area contributed by atoms with Crippen molar-refractivity contribution in [2.75, 3.05) is 20.2 Å². The van der Waals surface area contributed by atoms with E-state index in [2.05, 4.69) is 19.1 Å². The second-order valence-corrected chi connectivity index (χ2v) is 4.94. The number of ketones is 1. The van der Waals surface area contributed by atoms with Crippen molar-refractivity contribution in [1.82, 2.24) is 4.90 Å². The Morgan fingerprint density at radius 1 is 1.20 bits per heavy atom. The van der Waals surface area contributed by atoms with E-state index in [4.69, 9.17) is 4.74 Å². The second kappa shape index (κ2) is 8.48. The maximum atomic E-state index is 11.8. The third-order valence-electron chi connectivity index (χ3n) is 3.06. The quantitative estimate of drug-likeness (QED) is 0.684. The van der Waals surface area contributed by atoms with Crippen LogP contribution in [0.2, 0.25) is 0 Å². The molecule has 0 aromatic heterocycles. The SMILES string of the molecule is CCOC(=O)CCC(=O)CN(C)Cc1ccccc1C. The zero-order valence-electron chi connectivity index (χ0n) is 12.5. The summed E-state index contributed by atoms with van der Waals surface area (Å²) >= 11 is 0. The van der Waals surface area contributed by atoms with Gasteiger partial charge >= 0.3 is 5.97 Å². The number of Topliss-reactive ketones (excluding diaryl/α,β-unsaturated/α-hetero) is 1. The molecule has 0 fully saturated rings. The van der Waals surface area contributed by atoms with E-state index in [1.165, 1.54) is 11.1 Å². The smallest absolute Gasteiger partial charge is 0.306 e. The van der Waals surface area contributed by atoms with Crippen LogP contribution in [-0.4, -0.2) is 36.9 Å². The maximum absolute atomic E-state index is 11.8. The van der Waals surface area contributed by atoms with Crippen LogP contribution in [0.4, 0.5) is 0 Å². The van der Waals surface area contributed by atoms with Gasteiger partial charge in [-0.15, -0.1) is 0 Å². The Labute approximate surface area is 120 Å². The van der Waals surface area contributed by atoms with Gasteiger partial charge in [0.15, 0.2) is 0 Å². The van der Waals surface area contributed by atoms with Crippen LogP contribution < -0.4 is 0 Å². The van der Waals surface area contributed by atoms with Crippen LogP contribution in [0.5, 0.6) is 0 Å². The summed E-state index contributed by atoms with van der Waals surface area (Å²) in [7, 11) is 1.91. The lowest BCUT2D eigenvalue weighted by molar-refractivity contribution is -0.144. The Hall–Kier alpha value is -1.68.